The Balaban J connectivity index is 1.88. The molecule has 0 unspecified atom stereocenters. The molecule has 0 saturated carbocycles. The second-order valence-corrected chi connectivity index (χ2v) is 6.55. The highest BCUT2D eigenvalue weighted by Gasteiger charge is 2.51. The van der Waals surface area contributed by atoms with Gasteiger partial charge in [0.1, 0.15) is 5.54 Å². The first-order chi connectivity index (χ1) is 10.8. The van der Waals surface area contributed by atoms with E-state index in [0.717, 1.165) is 25.2 Å². The van der Waals surface area contributed by atoms with Crippen molar-refractivity contribution in [3.63, 3.8) is 0 Å². The fourth-order valence-corrected chi connectivity index (χ4v) is 3.24. The zero-order valence-electron chi connectivity index (χ0n) is 13.6. The van der Waals surface area contributed by atoms with E-state index in [1.807, 2.05) is 6.92 Å². The van der Waals surface area contributed by atoms with Crippen molar-refractivity contribution in [3.05, 3.63) is 12.2 Å². The number of urea groups is 1. The normalized spacial score (nSPS) is 20.8. The van der Waals surface area contributed by atoms with Gasteiger partial charge in [0.25, 0.3) is 5.91 Å². The maximum Gasteiger partial charge on any atom is 0.325 e. The molecular formula is C16H25N3O4. The number of carbonyl (C=O) groups is 3. The lowest BCUT2D eigenvalue weighted by Crippen LogP contribution is -2.55. The summed E-state index contributed by atoms with van der Waals surface area (Å²) in [5, 5.41) is 11.5. The topological polar surface area (TPSA) is 90.0 Å². The van der Waals surface area contributed by atoms with Gasteiger partial charge in [-0.3, -0.25) is 19.4 Å². The van der Waals surface area contributed by atoms with Gasteiger partial charge in [0.15, 0.2) is 0 Å². The van der Waals surface area contributed by atoms with E-state index in [9.17, 15) is 14.4 Å². The molecule has 3 amide bonds. The zero-order chi connectivity index (χ0) is 17.0. The predicted molar refractivity (Wildman–Crippen MR) is 85.0 cm³/mol. The van der Waals surface area contributed by atoms with Crippen LogP contribution in [0.3, 0.4) is 0 Å². The van der Waals surface area contributed by atoms with Crippen molar-refractivity contribution >= 4 is 17.9 Å². The number of carboxylic acids is 1. The summed E-state index contributed by atoms with van der Waals surface area (Å²) < 4.78 is 0. The molecular weight excluding hydrogens is 298 g/mol. The van der Waals surface area contributed by atoms with Crippen molar-refractivity contribution in [3.8, 4) is 0 Å². The lowest BCUT2D eigenvalue weighted by atomic mass is 9.87. The Bertz CT molecular complexity index is 509. The number of carbonyl (C=O) groups excluding carboxylic acids is 2. The van der Waals surface area contributed by atoms with Gasteiger partial charge in [0, 0.05) is 32.6 Å². The number of rotatable bonds is 7. The number of imide groups is 1. The summed E-state index contributed by atoms with van der Waals surface area (Å²) in [6, 6.07) is -0.348. The van der Waals surface area contributed by atoms with E-state index in [2.05, 4.69) is 16.8 Å². The van der Waals surface area contributed by atoms with Gasteiger partial charge in [0.2, 0.25) is 0 Å². The molecule has 0 radical (unpaired) electrons. The Morgan fingerprint density at radius 2 is 1.96 bits per heavy atom. The van der Waals surface area contributed by atoms with Gasteiger partial charge in [-0.05, 0) is 32.6 Å². The molecule has 0 atom stereocenters. The monoisotopic (exact) mass is 323 g/mol. The minimum absolute atomic E-state index is 0.0602. The third-order valence-electron chi connectivity index (χ3n) is 4.47. The number of carboxylic acid groups (broad SMARTS) is 1. The highest BCUT2D eigenvalue weighted by Crippen LogP contribution is 2.29. The minimum atomic E-state index is -0.858. The molecule has 1 spiro atoms. The predicted octanol–water partition coefficient (Wildman–Crippen LogP) is 1.20. The van der Waals surface area contributed by atoms with Gasteiger partial charge >= 0.3 is 12.0 Å². The summed E-state index contributed by atoms with van der Waals surface area (Å²) in [6.07, 6.45) is 2.26. The van der Waals surface area contributed by atoms with Crippen LogP contribution >= 0.6 is 0 Å². The van der Waals surface area contributed by atoms with Crippen LogP contribution in [-0.4, -0.2) is 64.5 Å². The maximum absolute atomic E-state index is 12.6. The standard InChI is InChI=1S/C16H25N3O4/c1-12(2)11-18-9-6-16(7-10-18)14(22)19(15(23)17-16)8-4-3-5-13(20)21/h1,3-11H2,2H3,(H,17,23)(H,20,21). The number of nitrogens with one attached hydrogen (secondary N) is 1. The fourth-order valence-electron chi connectivity index (χ4n) is 3.24. The quantitative estimate of drug-likeness (QED) is 0.417. The average molecular weight is 323 g/mol. The zero-order valence-corrected chi connectivity index (χ0v) is 13.6. The number of hydrogen-bond donors (Lipinski definition) is 2. The van der Waals surface area contributed by atoms with Gasteiger partial charge in [-0.25, -0.2) is 4.79 Å². The van der Waals surface area contributed by atoms with Crippen molar-refractivity contribution < 1.29 is 19.5 Å². The molecule has 2 rings (SSSR count). The van der Waals surface area contributed by atoms with Crippen LogP contribution in [0.2, 0.25) is 0 Å². The Labute approximate surface area is 136 Å². The summed E-state index contributed by atoms with van der Waals surface area (Å²) in [7, 11) is 0. The molecule has 0 aromatic heterocycles. The Morgan fingerprint density at radius 3 is 2.52 bits per heavy atom. The number of nitrogens with zero attached hydrogens (tertiary/aromatic N) is 2. The number of unbranched alkanes of at least 4 members (excludes halogenated alkanes) is 1. The summed E-state index contributed by atoms with van der Waals surface area (Å²) >= 11 is 0. The highest BCUT2D eigenvalue weighted by molar-refractivity contribution is 6.07. The van der Waals surface area contributed by atoms with E-state index in [-0.39, 0.29) is 24.9 Å². The average Bonchev–Trinajstić information content (AvgIpc) is 2.69. The van der Waals surface area contributed by atoms with E-state index in [4.69, 9.17) is 5.11 Å². The first kappa shape index (κ1) is 17.5. The van der Waals surface area contributed by atoms with Gasteiger partial charge in [-0.15, -0.1) is 0 Å². The molecule has 23 heavy (non-hydrogen) atoms. The van der Waals surface area contributed by atoms with Crippen LogP contribution in [0.1, 0.15) is 39.0 Å². The van der Waals surface area contributed by atoms with Gasteiger partial charge in [-0.2, -0.15) is 0 Å². The van der Waals surface area contributed by atoms with Crippen molar-refractivity contribution in [2.24, 2.45) is 0 Å². The summed E-state index contributed by atoms with van der Waals surface area (Å²) in [6.45, 7) is 8.50. The molecule has 2 fully saturated rings. The van der Waals surface area contributed by atoms with E-state index < -0.39 is 11.5 Å². The van der Waals surface area contributed by atoms with E-state index in [0.29, 0.717) is 25.7 Å². The molecule has 2 aliphatic rings. The van der Waals surface area contributed by atoms with Crippen LogP contribution in [0.15, 0.2) is 12.2 Å². The van der Waals surface area contributed by atoms with Gasteiger partial charge in [0.05, 0.1) is 0 Å². The largest absolute Gasteiger partial charge is 0.481 e. The van der Waals surface area contributed by atoms with Crippen LogP contribution in [0, 0.1) is 0 Å². The Hall–Kier alpha value is -1.89. The second kappa shape index (κ2) is 7.12. The Kier molecular flexibility index (Phi) is 5.41. The van der Waals surface area contributed by atoms with E-state index >= 15 is 0 Å². The third-order valence-corrected chi connectivity index (χ3v) is 4.47. The minimum Gasteiger partial charge on any atom is -0.481 e. The first-order valence-corrected chi connectivity index (χ1v) is 8.07. The van der Waals surface area contributed by atoms with Crippen molar-refractivity contribution in [2.45, 2.75) is 44.6 Å². The molecule has 2 aliphatic heterocycles. The van der Waals surface area contributed by atoms with Crippen LogP contribution in [0.4, 0.5) is 4.79 Å². The number of likely N-dealkylation sites (tertiary alicyclic amines) is 1. The van der Waals surface area contributed by atoms with Gasteiger partial charge in [-0.1, -0.05) is 12.2 Å². The van der Waals surface area contributed by atoms with Crippen LogP contribution in [0.5, 0.6) is 0 Å². The third kappa shape index (κ3) is 4.10. The van der Waals surface area contributed by atoms with E-state index in [1.165, 1.54) is 4.90 Å². The van der Waals surface area contributed by atoms with Gasteiger partial charge < -0.3 is 10.4 Å². The lowest BCUT2D eigenvalue weighted by Gasteiger charge is -2.37. The summed E-state index contributed by atoms with van der Waals surface area (Å²) in [5.41, 5.74) is 0.318. The number of amides is 3. The van der Waals surface area contributed by atoms with Crippen molar-refractivity contribution in [1.82, 2.24) is 15.1 Å². The van der Waals surface area contributed by atoms with E-state index in [1.54, 1.807) is 0 Å². The molecule has 128 valence electrons. The van der Waals surface area contributed by atoms with Crippen LogP contribution in [-0.2, 0) is 9.59 Å². The van der Waals surface area contributed by atoms with Crippen LogP contribution < -0.4 is 5.32 Å². The molecule has 0 aromatic carbocycles. The summed E-state index contributed by atoms with van der Waals surface area (Å²) in [4.78, 5) is 38.7. The van der Waals surface area contributed by atoms with Crippen molar-refractivity contribution in [1.29, 1.82) is 0 Å². The number of piperidine rings is 1. The summed E-state index contributed by atoms with van der Waals surface area (Å²) in [5.74, 6) is -1.02. The lowest BCUT2D eigenvalue weighted by molar-refractivity contribution is -0.137. The SMILES string of the molecule is C=C(C)CN1CCC2(CC1)NC(=O)N(CCCCC(=O)O)C2=O. The maximum atomic E-state index is 12.6. The van der Waals surface area contributed by atoms with Crippen molar-refractivity contribution in [2.75, 3.05) is 26.2 Å². The molecule has 2 N–H and O–H groups in total. The fraction of sp³-hybridized carbons (Fsp3) is 0.688. The highest BCUT2D eigenvalue weighted by atomic mass is 16.4. The number of aliphatic carboxylic acids is 1. The molecule has 0 aromatic rings. The molecule has 2 heterocycles. The molecule has 7 nitrogen and oxygen atoms in total. The van der Waals surface area contributed by atoms with Crippen LogP contribution in [0.25, 0.3) is 0 Å². The second-order valence-electron chi connectivity index (χ2n) is 6.55. The number of hydrogen-bond acceptors (Lipinski definition) is 4. The molecule has 2 saturated heterocycles. The molecule has 0 bridgehead atoms. The molecule has 0 aliphatic carbocycles. The Morgan fingerprint density at radius 1 is 1.30 bits per heavy atom. The first-order valence-electron chi connectivity index (χ1n) is 8.07. The smallest absolute Gasteiger partial charge is 0.325 e. The molecule has 7 heteroatoms.